The van der Waals surface area contributed by atoms with Gasteiger partial charge in [0.15, 0.2) is 0 Å². The number of anilines is 1. The van der Waals surface area contributed by atoms with E-state index in [1.807, 2.05) is 19.2 Å². The van der Waals surface area contributed by atoms with Crippen LogP contribution in [0.3, 0.4) is 0 Å². The van der Waals surface area contributed by atoms with Gasteiger partial charge in [0.25, 0.3) is 5.91 Å². The summed E-state index contributed by atoms with van der Waals surface area (Å²) < 4.78 is 0. The Balaban J connectivity index is 1.70. The first kappa shape index (κ1) is 14.7. The molecule has 110 valence electrons. The monoisotopic (exact) mass is 277 g/mol. The molecular formula is C14H23N5O. The van der Waals surface area contributed by atoms with Crippen molar-refractivity contribution in [1.82, 2.24) is 20.6 Å². The molecule has 0 aromatic carbocycles. The van der Waals surface area contributed by atoms with Crippen LogP contribution in [0.25, 0.3) is 0 Å². The Bertz CT molecular complexity index is 428. The van der Waals surface area contributed by atoms with E-state index >= 15 is 0 Å². The number of carbonyl (C=O) groups excluding carboxylic acids is 1. The maximum Gasteiger partial charge on any atom is 0.252 e. The number of amides is 1. The molecule has 20 heavy (non-hydrogen) atoms. The number of aromatic nitrogens is 1. The number of hydrogen-bond acceptors (Lipinski definition) is 5. The van der Waals surface area contributed by atoms with Gasteiger partial charge in [-0.05, 0) is 38.9 Å². The molecular weight excluding hydrogens is 254 g/mol. The number of hydrazine groups is 1. The lowest BCUT2D eigenvalue weighted by atomic mass is 9.90. The summed E-state index contributed by atoms with van der Waals surface area (Å²) >= 11 is 0. The summed E-state index contributed by atoms with van der Waals surface area (Å²) in [5.74, 6) is 0.603. The standard InChI is InChI=1S/C14H23N5O/c1-14(15-2)6-9-19(10-7-14)11-13(20)18-17-12-5-3-4-8-16-12/h3-5,8,15H,6-7,9-11H2,1-2H3,(H,16,17)(H,18,20). The molecule has 0 aliphatic carbocycles. The molecule has 1 aliphatic rings. The number of nitrogens with one attached hydrogen (secondary N) is 3. The second-order valence-electron chi connectivity index (χ2n) is 5.47. The highest BCUT2D eigenvalue weighted by Crippen LogP contribution is 2.20. The van der Waals surface area contributed by atoms with Gasteiger partial charge in [-0.3, -0.25) is 20.5 Å². The van der Waals surface area contributed by atoms with Gasteiger partial charge >= 0.3 is 0 Å². The lowest BCUT2D eigenvalue weighted by Crippen LogP contribution is -2.52. The molecule has 3 N–H and O–H groups in total. The lowest BCUT2D eigenvalue weighted by molar-refractivity contribution is -0.122. The van der Waals surface area contributed by atoms with E-state index in [1.54, 1.807) is 12.3 Å². The molecule has 1 aromatic heterocycles. The molecule has 1 fully saturated rings. The van der Waals surface area contributed by atoms with Crippen LogP contribution in [0, 0.1) is 0 Å². The maximum atomic E-state index is 11.9. The zero-order valence-electron chi connectivity index (χ0n) is 12.1. The third-order valence-electron chi connectivity index (χ3n) is 3.93. The van der Waals surface area contributed by atoms with Crippen LogP contribution >= 0.6 is 0 Å². The van der Waals surface area contributed by atoms with E-state index in [1.165, 1.54) is 0 Å². The van der Waals surface area contributed by atoms with E-state index in [-0.39, 0.29) is 11.4 Å². The van der Waals surface area contributed by atoms with E-state index in [2.05, 4.69) is 33.0 Å². The third kappa shape index (κ3) is 4.18. The number of rotatable bonds is 5. The van der Waals surface area contributed by atoms with Crippen molar-refractivity contribution < 1.29 is 4.79 Å². The molecule has 0 atom stereocenters. The minimum absolute atomic E-state index is 0.0382. The summed E-state index contributed by atoms with van der Waals surface area (Å²) in [6.07, 6.45) is 3.80. The number of pyridine rings is 1. The van der Waals surface area contributed by atoms with Crippen LogP contribution in [0.5, 0.6) is 0 Å². The minimum atomic E-state index is -0.0382. The average molecular weight is 277 g/mol. The Labute approximate surface area is 119 Å². The van der Waals surface area contributed by atoms with Crippen molar-refractivity contribution in [3.8, 4) is 0 Å². The van der Waals surface area contributed by atoms with Crippen molar-refractivity contribution >= 4 is 11.7 Å². The molecule has 6 heteroatoms. The van der Waals surface area contributed by atoms with Crippen LogP contribution in [-0.2, 0) is 4.79 Å². The van der Waals surface area contributed by atoms with Gasteiger partial charge in [-0.25, -0.2) is 4.98 Å². The van der Waals surface area contributed by atoms with Crippen LogP contribution in [0.4, 0.5) is 5.82 Å². The van der Waals surface area contributed by atoms with Crippen LogP contribution in [0.2, 0.25) is 0 Å². The number of nitrogens with zero attached hydrogens (tertiary/aromatic N) is 2. The van der Waals surface area contributed by atoms with Gasteiger partial charge in [-0.2, -0.15) is 0 Å². The van der Waals surface area contributed by atoms with Crippen molar-refractivity contribution in [2.75, 3.05) is 32.1 Å². The van der Waals surface area contributed by atoms with E-state index in [0.717, 1.165) is 25.9 Å². The van der Waals surface area contributed by atoms with Gasteiger partial charge in [-0.15, -0.1) is 0 Å². The van der Waals surface area contributed by atoms with E-state index in [9.17, 15) is 4.79 Å². The molecule has 2 rings (SSSR count). The fourth-order valence-corrected chi connectivity index (χ4v) is 2.27. The molecule has 1 aliphatic heterocycles. The Kier molecular flexibility index (Phi) is 4.92. The van der Waals surface area contributed by atoms with Crippen LogP contribution in [-0.4, -0.2) is 48.0 Å². The summed E-state index contributed by atoms with van der Waals surface area (Å²) in [7, 11) is 2.00. The van der Waals surface area contributed by atoms with Crippen LogP contribution in [0.1, 0.15) is 19.8 Å². The molecule has 2 heterocycles. The molecule has 0 spiro atoms. The highest BCUT2D eigenvalue weighted by atomic mass is 16.2. The van der Waals surface area contributed by atoms with Gasteiger partial charge in [0, 0.05) is 24.8 Å². The highest BCUT2D eigenvalue weighted by molar-refractivity contribution is 5.79. The van der Waals surface area contributed by atoms with Gasteiger partial charge in [0.1, 0.15) is 5.82 Å². The summed E-state index contributed by atoms with van der Waals surface area (Å²) in [6.45, 7) is 4.52. The van der Waals surface area contributed by atoms with Crippen molar-refractivity contribution in [3.63, 3.8) is 0 Å². The quantitative estimate of drug-likeness (QED) is 0.688. The predicted molar refractivity (Wildman–Crippen MR) is 79.1 cm³/mol. The summed E-state index contributed by atoms with van der Waals surface area (Å²) in [6, 6.07) is 5.50. The molecule has 1 saturated heterocycles. The molecule has 6 nitrogen and oxygen atoms in total. The number of carbonyl (C=O) groups is 1. The van der Waals surface area contributed by atoms with Gasteiger partial charge in [0.05, 0.1) is 6.54 Å². The van der Waals surface area contributed by atoms with Crippen molar-refractivity contribution in [2.24, 2.45) is 0 Å². The zero-order chi connectivity index (χ0) is 14.4. The average Bonchev–Trinajstić information content (AvgIpc) is 2.49. The second-order valence-corrected chi connectivity index (χ2v) is 5.47. The van der Waals surface area contributed by atoms with Crippen LogP contribution < -0.4 is 16.2 Å². The maximum absolute atomic E-state index is 11.9. The molecule has 0 unspecified atom stereocenters. The smallest absolute Gasteiger partial charge is 0.252 e. The molecule has 0 radical (unpaired) electrons. The third-order valence-corrected chi connectivity index (χ3v) is 3.93. The second kappa shape index (κ2) is 6.67. The zero-order valence-corrected chi connectivity index (χ0v) is 12.1. The summed E-state index contributed by atoms with van der Waals surface area (Å²) in [4.78, 5) is 18.1. The van der Waals surface area contributed by atoms with E-state index in [4.69, 9.17) is 0 Å². The van der Waals surface area contributed by atoms with Gasteiger partial charge < -0.3 is 5.32 Å². The Morgan fingerprint density at radius 1 is 1.40 bits per heavy atom. The fraction of sp³-hybridized carbons (Fsp3) is 0.571. The fourth-order valence-electron chi connectivity index (χ4n) is 2.27. The highest BCUT2D eigenvalue weighted by Gasteiger charge is 2.28. The summed E-state index contributed by atoms with van der Waals surface area (Å²) in [5, 5.41) is 3.35. The van der Waals surface area contributed by atoms with Crippen molar-refractivity contribution in [2.45, 2.75) is 25.3 Å². The lowest BCUT2D eigenvalue weighted by Gasteiger charge is -2.38. The summed E-state index contributed by atoms with van der Waals surface area (Å²) in [5.41, 5.74) is 5.69. The Hall–Kier alpha value is -1.66. The normalized spacial score (nSPS) is 18.5. The first-order valence-electron chi connectivity index (χ1n) is 6.98. The van der Waals surface area contributed by atoms with Crippen molar-refractivity contribution in [3.05, 3.63) is 24.4 Å². The van der Waals surface area contributed by atoms with E-state index < -0.39 is 0 Å². The van der Waals surface area contributed by atoms with Crippen LogP contribution in [0.15, 0.2) is 24.4 Å². The minimum Gasteiger partial charge on any atom is -0.314 e. The van der Waals surface area contributed by atoms with Crippen molar-refractivity contribution in [1.29, 1.82) is 0 Å². The topological polar surface area (TPSA) is 69.3 Å². The number of hydrogen-bond donors (Lipinski definition) is 3. The largest absolute Gasteiger partial charge is 0.314 e. The van der Waals surface area contributed by atoms with Gasteiger partial charge in [0.2, 0.25) is 0 Å². The van der Waals surface area contributed by atoms with E-state index in [0.29, 0.717) is 12.4 Å². The molecule has 0 bridgehead atoms. The Morgan fingerprint density at radius 3 is 2.75 bits per heavy atom. The predicted octanol–water partition coefficient (Wildman–Crippen LogP) is 0.599. The molecule has 1 aromatic rings. The molecule has 0 saturated carbocycles. The first-order valence-corrected chi connectivity index (χ1v) is 6.98. The number of likely N-dealkylation sites (tertiary alicyclic amines) is 1. The first-order chi connectivity index (χ1) is 9.61. The molecule has 1 amide bonds. The van der Waals surface area contributed by atoms with Gasteiger partial charge in [-0.1, -0.05) is 6.07 Å². The SMILES string of the molecule is CNC1(C)CCN(CC(=O)NNc2ccccn2)CC1. The Morgan fingerprint density at radius 2 is 2.15 bits per heavy atom. The number of piperidine rings is 1.